The maximum absolute atomic E-state index is 5.16. The van der Waals surface area contributed by atoms with Gasteiger partial charge in [-0.3, -0.25) is 9.13 Å². The van der Waals surface area contributed by atoms with Crippen molar-refractivity contribution < 1.29 is 0 Å². The zero-order chi connectivity index (χ0) is 41.0. The first kappa shape index (κ1) is 35.3. The van der Waals surface area contributed by atoms with Crippen molar-refractivity contribution in [2.45, 2.75) is 0 Å². The monoisotopic (exact) mass is 794 g/mol. The fourth-order valence-electron chi connectivity index (χ4n) is 8.53. The number of para-hydroxylation sites is 2. The molecule has 4 aromatic heterocycles. The van der Waals surface area contributed by atoms with Crippen LogP contribution in [0.15, 0.2) is 206 Å². The smallest absolute Gasteiger partial charge is 0.238 e. The van der Waals surface area contributed by atoms with Gasteiger partial charge in [0.1, 0.15) is 0 Å². The van der Waals surface area contributed by atoms with Gasteiger partial charge in [0.25, 0.3) is 0 Å². The molecular formula is C54H34N8. The number of rotatable bonds is 7. The van der Waals surface area contributed by atoms with E-state index in [1.165, 1.54) is 0 Å². The summed E-state index contributed by atoms with van der Waals surface area (Å²) in [6, 6.07) is 70.6. The summed E-state index contributed by atoms with van der Waals surface area (Å²) in [5.41, 5.74) is 9.78. The SMILES string of the molecule is c1ccc(-c2nc(-c3ccccc3)nc(-n3c4ccccc4c4ccc(-c5ccc6c7ccccc7n(-c7nc(-c8ccccc8)nc(-c8ccccc8)n7)c6c5)cc43)n2)cc1. The highest BCUT2D eigenvalue weighted by molar-refractivity contribution is 6.12. The van der Waals surface area contributed by atoms with E-state index < -0.39 is 0 Å². The molecule has 290 valence electrons. The molecule has 0 radical (unpaired) electrons. The minimum atomic E-state index is 0.551. The highest BCUT2D eigenvalue weighted by Crippen LogP contribution is 2.38. The topological polar surface area (TPSA) is 87.2 Å². The Balaban J connectivity index is 1.08. The Bertz CT molecular complexity index is 3260. The summed E-state index contributed by atoms with van der Waals surface area (Å²) in [5, 5.41) is 4.45. The van der Waals surface area contributed by atoms with Crippen molar-refractivity contribution in [2.75, 3.05) is 0 Å². The summed E-state index contributed by atoms with van der Waals surface area (Å²) in [6.45, 7) is 0. The molecular weight excluding hydrogens is 761 g/mol. The molecule has 12 aromatic rings. The third-order valence-corrected chi connectivity index (χ3v) is 11.5. The third-order valence-electron chi connectivity index (χ3n) is 11.5. The van der Waals surface area contributed by atoms with E-state index in [0.29, 0.717) is 35.2 Å². The van der Waals surface area contributed by atoms with Crippen LogP contribution in [0.5, 0.6) is 0 Å². The van der Waals surface area contributed by atoms with Crippen molar-refractivity contribution >= 4 is 43.6 Å². The molecule has 8 aromatic carbocycles. The molecule has 0 atom stereocenters. The van der Waals surface area contributed by atoms with Crippen LogP contribution in [0, 0.1) is 0 Å². The van der Waals surface area contributed by atoms with Gasteiger partial charge < -0.3 is 0 Å². The molecule has 12 rings (SSSR count). The first-order valence-corrected chi connectivity index (χ1v) is 20.5. The van der Waals surface area contributed by atoms with Crippen LogP contribution in [0.3, 0.4) is 0 Å². The van der Waals surface area contributed by atoms with Crippen LogP contribution >= 0.6 is 0 Å². The second kappa shape index (κ2) is 14.6. The van der Waals surface area contributed by atoms with Gasteiger partial charge in [-0.15, -0.1) is 0 Å². The average molecular weight is 795 g/mol. The molecule has 0 aliphatic carbocycles. The van der Waals surface area contributed by atoms with Gasteiger partial charge in [0, 0.05) is 43.8 Å². The lowest BCUT2D eigenvalue weighted by Gasteiger charge is -2.12. The molecule has 0 aliphatic heterocycles. The maximum atomic E-state index is 5.16. The van der Waals surface area contributed by atoms with E-state index in [1.54, 1.807) is 0 Å². The van der Waals surface area contributed by atoms with Crippen LogP contribution in [0.25, 0.3) is 112 Å². The zero-order valence-electron chi connectivity index (χ0n) is 33.2. The summed E-state index contributed by atoms with van der Waals surface area (Å²) >= 11 is 0. The Morgan fingerprint density at radius 1 is 0.226 bits per heavy atom. The van der Waals surface area contributed by atoms with Gasteiger partial charge in [0.15, 0.2) is 23.3 Å². The van der Waals surface area contributed by atoms with Crippen molar-refractivity contribution in [3.63, 3.8) is 0 Å². The van der Waals surface area contributed by atoms with E-state index in [4.69, 9.17) is 29.9 Å². The Labute approximate surface area is 356 Å². The third kappa shape index (κ3) is 6.00. The highest BCUT2D eigenvalue weighted by Gasteiger charge is 2.21. The fraction of sp³-hybridized carbons (Fsp3) is 0. The molecule has 0 N–H and O–H groups in total. The predicted octanol–water partition coefficient (Wildman–Crippen LogP) is 12.6. The van der Waals surface area contributed by atoms with Gasteiger partial charge in [-0.05, 0) is 35.4 Å². The van der Waals surface area contributed by atoms with E-state index in [1.807, 2.05) is 121 Å². The Morgan fingerprint density at radius 3 is 0.855 bits per heavy atom. The van der Waals surface area contributed by atoms with Gasteiger partial charge >= 0.3 is 0 Å². The molecule has 0 bridgehead atoms. The number of fused-ring (bicyclic) bond motifs is 6. The molecule has 62 heavy (non-hydrogen) atoms. The number of benzene rings is 8. The standard InChI is InChI=1S/C54H34N8/c1-5-17-35(18-6-1)49-55-50(36-19-7-2-8-20-36)58-53(57-49)61-45-27-15-13-25-41(45)43-31-29-39(33-47(43)61)40-30-32-44-42-26-14-16-28-46(42)62(48(44)34-40)54-59-51(37-21-9-3-10-22-37)56-52(60-54)38-23-11-4-12-24-38/h1-34H. The minimum Gasteiger partial charge on any atom is -0.278 e. The lowest BCUT2D eigenvalue weighted by molar-refractivity contribution is 0.952. The molecule has 0 aliphatic rings. The predicted molar refractivity (Wildman–Crippen MR) is 249 cm³/mol. The Morgan fingerprint density at radius 2 is 0.516 bits per heavy atom. The number of hydrogen-bond acceptors (Lipinski definition) is 6. The molecule has 0 spiro atoms. The van der Waals surface area contributed by atoms with Gasteiger partial charge in [-0.25, -0.2) is 9.97 Å². The molecule has 0 fully saturated rings. The first-order valence-electron chi connectivity index (χ1n) is 20.5. The summed E-state index contributed by atoms with van der Waals surface area (Å²) in [4.78, 5) is 30.6. The maximum Gasteiger partial charge on any atom is 0.238 e. The largest absolute Gasteiger partial charge is 0.278 e. The highest BCUT2D eigenvalue weighted by atomic mass is 15.2. The molecule has 0 unspecified atom stereocenters. The van der Waals surface area contributed by atoms with Gasteiger partial charge in [-0.1, -0.05) is 182 Å². The molecule has 0 saturated heterocycles. The normalized spacial score (nSPS) is 11.5. The minimum absolute atomic E-state index is 0.551. The Hall–Kier alpha value is -8.62. The van der Waals surface area contributed by atoms with E-state index in [9.17, 15) is 0 Å². The lowest BCUT2D eigenvalue weighted by atomic mass is 10.0. The molecule has 8 nitrogen and oxygen atoms in total. The van der Waals surface area contributed by atoms with E-state index in [-0.39, 0.29) is 0 Å². The summed E-state index contributed by atoms with van der Waals surface area (Å²) in [5.74, 6) is 3.54. The first-order chi connectivity index (χ1) is 30.7. The number of nitrogens with zero attached hydrogens (tertiary/aromatic N) is 8. The van der Waals surface area contributed by atoms with Crippen LogP contribution in [0.1, 0.15) is 0 Å². The van der Waals surface area contributed by atoms with E-state index >= 15 is 0 Å². The van der Waals surface area contributed by atoms with Crippen molar-refractivity contribution in [3.8, 4) is 68.6 Å². The quantitative estimate of drug-likeness (QED) is 0.160. The van der Waals surface area contributed by atoms with E-state index in [2.05, 4.69) is 94.1 Å². The second-order valence-corrected chi connectivity index (χ2v) is 15.2. The molecule has 8 heteroatoms. The summed E-state index contributed by atoms with van der Waals surface area (Å²) < 4.78 is 4.34. The van der Waals surface area contributed by atoms with Crippen LogP contribution in [0.4, 0.5) is 0 Å². The zero-order valence-corrected chi connectivity index (χ0v) is 33.2. The molecule has 0 amide bonds. The molecule has 4 heterocycles. The second-order valence-electron chi connectivity index (χ2n) is 15.2. The van der Waals surface area contributed by atoms with Crippen molar-refractivity contribution in [2.24, 2.45) is 0 Å². The van der Waals surface area contributed by atoms with Gasteiger partial charge in [0.2, 0.25) is 11.9 Å². The molecule has 0 saturated carbocycles. The van der Waals surface area contributed by atoms with Crippen molar-refractivity contribution in [1.29, 1.82) is 0 Å². The van der Waals surface area contributed by atoms with Gasteiger partial charge in [0.05, 0.1) is 22.1 Å². The van der Waals surface area contributed by atoms with Crippen molar-refractivity contribution in [3.05, 3.63) is 206 Å². The van der Waals surface area contributed by atoms with Gasteiger partial charge in [-0.2, -0.15) is 19.9 Å². The van der Waals surface area contributed by atoms with Crippen molar-refractivity contribution in [1.82, 2.24) is 39.0 Å². The number of aromatic nitrogens is 8. The Kier molecular flexibility index (Phi) is 8.31. The van der Waals surface area contributed by atoms with Crippen LogP contribution in [-0.4, -0.2) is 39.0 Å². The fourth-order valence-corrected chi connectivity index (χ4v) is 8.53. The lowest BCUT2D eigenvalue weighted by Crippen LogP contribution is -2.06. The summed E-state index contributed by atoms with van der Waals surface area (Å²) in [6.07, 6.45) is 0. The average Bonchev–Trinajstić information content (AvgIpc) is 3.87. The number of hydrogen-bond donors (Lipinski definition) is 0. The summed E-state index contributed by atoms with van der Waals surface area (Å²) in [7, 11) is 0. The van der Waals surface area contributed by atoms with Crippen LogP contribution < -0.4 is 0 Å². The van der Waals surface area contributed by atoms with Crippen LogP contribution in [0.2, 0.25) is 0 Å². The van der Waals surface area contributed by atoms with Crippen LogP contribution in [-0.2, 0) is 0 Å². The van der Waals surface area contributed by atoms with E-state index in [0.717, 1.165) is 77.0 Å².